The maximum absolute atomic E-state index is 13.7. The lowest BCUT2D eigenvalue weighted by molar-refractivity contribution is -0.117. The number of hydrogen-bond donors (Lipinski definition) is 1. The average Bonchev–Trinajstić information content (AvgIpc) is 2.57. The Morgan fingerprint density at radius 2 is 1.58 bits per heavy atom. The van der Waals surface area contributed by atoms with Crippen LogP contribution in [0, 0.1) is 5.82 Å². The third-order valence-corrected chi connectivity index (χ3v) is 4.07. The lowest BCUT2D eigenvalue weighted by Crippen LogP contribution is -2.30. The van der Waals surface area contributed by atoms with E-state index in [-0.39, 0.29) is 18.3 Å². The van der Waals surface area contributed by atoms with Crippen molar-refractivity contribution < 1.29 is 9.18 Å². The first kappa shape index (κ1) is 18.1. The van der Waals surface area contributed by atoms with E-state index < -0.39 is 0 Å². The molecule has 1 N–H and O–H groups in total. The number of para-hydroxylation sites is 1. The monoisotopic (exact) mass is 328 g/mol. The predicted octanol–water partition coefficient (Wildman–Crippen LogP) is 4.02. The molecule has 1 amide bonds. The highest BCUT2D eigenvalue weighted by molar-refractivity contribution is 5.93. The molecule has 4 heteroatoms. The molecule has 0 aromatic heterocycles. The minimum Gasteiger partial charge on any atom is -0.324 e. The number of anilines is 1. The summed E-state index contributed by atoms with van der Waals surface area (Å²) in [5.41, 5.74) is 3.79. The first-order valence-corrected chi connectivity index (χ1v) is 8.37. The molecule has 0 atom stereocenters. The second kappa shape index (κ2) is 8.60. The summed E-state index contributed by atoms with van der Waals surface area (Å²) in [6, 6.07) is 12.8. The van der Waals surface area contributed by atoms with Crippen molar-refractivity contribution in [3.8, 4) is 0 Å². The summed E-state index contributed by atoms with van der Waals surface area (Å²) in [5.74, 6) is -0.321. The summed E-state index contributed by atoms with van der Waals surface area (Å²) in [4.78, 5) is 14.2. The van der Waals surface area contributed by atoms with Crippen molar-refractivity contribution >= 4 is 11.6 Å². The van der Waals surface area contributed by atoms with Gasteiger partial charge in [-0.3, -0.25) is 9.69 Å². The summed E-state index contributed by atoms with van der Waals surface area (Å²) >= 11 is 0. The molecular weight excluding hydrogens is 303 g/mol. The Bertz CT molecular complexity index is 678. The van der Waals surface area contributed by atoms with Crippen molar-refractivity contribution in [2.75, 3.05) is 18.9 Å². The van der Waals surface area contributed by atoms with Crippen LogP contribution in [-0.4, -0.2) is 24.4 Å². The lowest BCUT2D eigenvalue weighted by atomic mass is 10.0. The van der Waals surface area contributed by atoms with Crippen molar-refractivity contribution in [1.29, 1.82) is 0 Å². The summed E-state index contributed by atoms with van der Waals surface area (Å²) < 4.78 is 13.7. The molecule has 0 spiro atoms. The van der Waals surface area contributed by atoms with Gasteiger partial charge in [-0.05, 0) is 37.1 Å². The number of likely N-dealkylation sites (N-methyl/N-ethyl adjacent to an activating group) is 1. The normalized spacial score (nSPS) is 10.9. The third kappa shape index (κ3) is 4.65. The van der Waals surface area contributed by atoms with Crippen LogP contribution in [0.2, 0.25) is 0 Å². The van der Waals surface area contributed by atoms with E-state index in [0.29, 0.717) is 12.1 Å². The minimum absolute atomic E-state index is 0.0792. The van der Waals surface area contributed by atoms with E-state index in [9.17, 15) is 9.18 Å². The standard InChI is InChI=1S/C20H25FN2O/c1-4-15-10-8-11-16(5-2)20(15)22-19(24)14-23(3)13-17-9-6-7-12-18(17)21/h6-12H,4-5,13-14H2,1-3H3,(H,22,24). The molecule has 2 aromatic rings. The zero-order valence-electron chi connectivity index (χ0n) is 14.6. The molecule has 0 saturated carbocycles. The quantitative estimate of drug-likeness (QED) is 0.832. The number of nitrogens with one attached hydrogen (secondary N) is 1. The van der Waals surface area contributed by atoms with Crippen LogP contribution in [-0.2, 0) is 24.2 Å². The summed E-state index contributed by atoms with van der Waals surface area (Å²) in [6.45, 7) is 4.77. The van der Waals surface area contributed by atoms with Crippen LogP contribution in [0.1, 0.15) is 30.5 Å². The van der Waals surface area contributed by atoms with Gasteiger partial charge in [-0.15, -0.1) is 0 Å². The van der Waals surface area contributed by atoms with Crippen molar-refractivity contribution in [3.05, 3.63) is 65.0 Å². The van der Waals surface area contributed by atoms with Crippen LogP contribution in [0.15, 0.2) is 42.5 Å². The fourth-order valence-electron chi connectivity index (χ4n) is 2.80. The van der Waals surface area contributed by atoms with Gasteiger partial charge in [0.25, 0.3) is 0 Å². The highest BCUT2D eigenvalue weighted by Crippen LogP contribution is 2.22. The Labute approximate surface area is 143 Å². The zero-order valence-corrected chi connectivity index (χ0v) is 14.6. The maximum atomic E-state index is 13.7. The fraction of sp³-hybridized carbons (Fsp3) is 0.350. The van der Waals surface area contributed by atoms with Gasteiger partial charge >= 0.3 is 0 Å². The molecule has 0 heterocycles. The van der Waals surface area contributed by atoms with Crippen LogP contribution in [0.4, 0.5) is 10.1 Å². The molecule has 0 saturated heterocycles. The number of carbonyl (C=O) groups excluding carboxylic acids is 1. The van der Waals surface area contributed by atoms with Gasteiger partial charge in [0, 0.05) is 17.8 Å². The largest absolute Gasteiger partial charge is 0.324 e. The van der Waals surface area contributed by atoms with Crippen LogP contribution in [0.25, 0.3) is 0 Å². The van der Waals surface area contributed by atoms with Gasteiger partial charge < -0.3 is 5.32 Å². The SMILES string of the molecule is CCc1cccc(CC)c1NC(=O)CN(C)Cc1ccccc1F. The summed E-state index contributed by atoms with van der Waals surface area (Å²) in [5, 5.41) is 3.04. The lowest BCUT2D eigenvalue weighted by Gasteiger charge is -2.19. The maximum Gasteiger partial charge on any atom is 0.238 e. The van der Waals surface area contributed by atoms with Gasteiger partial charge in [0.15, 0.2) is 0 Å². The topological polar surface area (TPSA) is 32.3 Å². The second-order valence-corrected chi connectivity index (χ2v) is 5.97. The highest BCUT2D eigenvalue weighted by atomic mass is 19.1. The van der Waals surface area contributed by atoms with E-state index in [2.05, 4.69) is 19.2 Å². The first-order chi connectivity index (χ1) is 11.5. The van der Waals surface area contributed by atoms with Gasteiger partial charge in [0.2, 0.25) is 5.91 Å². The number of amides is 1. The Balaban J connectivity index is 2.02. The number of carbonyl (C=O) groups is 1. The molecule has 0 radical (unpaired) electrons. The molecule has 2 rings (SSSR count). The molecule has 128 valence electrons. The number of aryl methyl sites for hydroxylation is 2. The third-order valence-electron chi connectivity index (χ3n) is 4.07. The van der Waals surface area contributed by atoms with Crippen molar-refractivity contribution in [2.24, 2.45) is 0 Å². The van der Waals surface area contributed by atoms with Gasteiger partial charge in [0.1, 0.15) is 5.82 Å². The molecule has 3 nitrogen and oxygen atoms in total. The number of hydrogen-bond acceptors (Lipinski definition) is 2. The zero-order chi connectivity index (χ0) is 17.5. The van der Waals surface area contributed by atoms with Crippen molar-refractivity contribution in [2.45, 2.75) is 33.2 Å². The Kier molecular flexibility index (Phi) is 6.50. The number of benzene rings is 2. The van der Waals surface area contributed by atoms with E-state index in [0.717, 1.165) is 29.7 Å². The number of halogens is 1. The molecule has 0 aliphatic carbocycles. The van der Waals surface area contributed by atoms with Crippen LogP contribution < -0.4 is 5.32 Å². The van der Waals surface area contributed by atoms with Gasteiger partial charge in [-0.1, -0.05) is 50.2 Å². The Hall–Kier alpha value is -2.20. The number of nitrogens with zero attached hydrogens (tertiary/aromatic N) is 1. The molecule has 24 heavy (non-hydrogen) atoms. The van der Waals surface area contributed by atoms with Gasteiger partial charge in [-0.2, -0.15) is 0 Å². The smallest absolute Gasteiger partial charge is 0.238 e. The average molecular weight is 328 g/mol. The van der Waals surface area contributed by atoms with Crippen molar-refractivity contribution in [3.63, 3.8) is 0 Å². The van der Waals surface area contributed by atoms with Crippen LogP contribution >= 0.6 is 0 Å². The molecule has 0 aliphatic heterocycles. The molecule has 0 fully saturated rings. The van der Waals surface area contributed by atoms with Gasteiger partial charge in [-0.25, -0.2) is 4.39 Å². The molecule has 0 bridgehead atoms. The predicted molar refractivity (Wildman–Crippen MR) is 96.6 cm³/mol. The van der Waals surface area contributed by atoms with E-state index in [4.69, 9.17) is 0 Å². The molecule has 2 aromatic carbocycles. The highest BCUT2D eigenvalue weighted by Gasteiger charge is 2.13. The molecule has 0 aliphatic rings. The van der Waals surface area contributed by atoms with Crippen molar-refractivity contribution in [1.82, 2.24) is 4.90 Å². The first-order valence-electron chi connectivity index (χ1n) is 8.37. The Morgan fingerprint density at radius 3 is 2.17 bits per heavy atom. The van der Waals surface area contributed by atoms with Gasteiger partial charge in [0.05, 0.1) is 6.54 Å². The molecule has 0 unspecified atom stereocenters. The van der Waals surface area contributed by atoms with Crippen LogP contribution in [0.3, 0.4) is 0 Å². The van der Waals surface area contributed by atoms with E-state index in [1.54, 1.807) is 18.2 Å². The van der Waals surface area contributed by atoms with E-state index >= 15 is 0 Å². The Morgan fingerprint density at radius 1 is 1.00 bits per heavy atom. The summed E-state index contributed by atoms with van der Waals surface area (Å²) in [7, 11) is 1.82. The number of rotatable bonds is 7. The van der Waals surface area contributed by atoms with Crippen LogP contribution in [0.5, 0.6) is 0 Å². The minimum atomic E-state index is -0.241. The second-order valence-electron chi connectivity index (χ2n) is 5.97. The van der Waals surface area contributed by atoms with E-state index in [1.165, 1.54) is 6.07 Å². The molecular formula is C20H25FN2O. The fourth-order valence-corrected chi connectivity index (χ4v) is 2.80. The van der Waals surface area contributed by atoms with E-state index in [1.807, 2.05) is 30.1 Å². The summed E-state index contributed by atoms with van der Waals surface area (Å²) in [6.07, 6.45) is 1.74.